The summed E-state index contributed by atoms with van der Waals surface area (Å²) in [6.45, 7) is 7.69. The number of hydrogen-bond acceptors (Lipinski definition) is 2. The van der Waals surface area contributed by atoms with Crippen LogP contribution in [0.15, 0.2) is 22.7 Å². The van der Waals surface area contributed by atoms with Gasteiger partial charge in [0.2, 0.25) is 0 Å². The molecule has 1 aromatic rings. The first-order valence-corrected chi connectivity index (χ1v) is 8.64. The highest BCUT2D eigenvalue weighted by atomic mass is 79.9. The summed E-state index contributed by atoms with van der Waals surface area (Å²) in [5, 5.41) is 4.49. The van der Waals surface area contributed by atoms with E-state index in [2.05, 4.69) is 46.1 Å². The van der Waals surface area contributed by atoms with Gasteiger partial charge < -0.3 is 5.32 Å². The van der Waals surface area contributed by atoms with E-state index in [0.717, 1.165) is 29.1 Å². The standard InChI is InChI=1S/C16H24BrClN2/c1-12(2)20(11-15-5-3-4-8-19-15)10-13-9-14(17)6-7-16(13)18/h6-7,9,12,15,19H,3-5,8,10-11H2,1-2H3. The van der Waals surface area contributed by atoms with Crippen LogP contribution in [-0.2, 0) is 6.54 Å². The largest absolute Gasteiger partial charge is 0.313 e. The molecule has 1 aliphatic heterocycles. The van der Waals surface area contributed by atoms with Crippen molar-refractivity contribution < 1.29 is 0 Å². The number of benzene rings is 1. The lowest BCUT2D eigenvalue weighted by Crippen LogP contribution is -2.45. The monoisotopic (exact) mass is 358 g/mol. The van der Waals surface area contributed by atoms with Gasteiger partial charge in [0.15, 0.2) is 0 Å². The van der Waals surface area contributed by atoms with Crippen LogP contribution in [0.3, 0.4) is 0 Å². The first kappa shape index (κ1) is 16.3. The summed E-state index contributed by atoms with van der Waals surface area (Å²) < 4.78 is 1.09. The van der Waals surface area contributed by atoms with E-state index < -0.39 is 0 Å². The van der Waals surface area contributed by atoms with Crippen LogP contribution in [0.5, 0.6) is 0 Å². The molecule has 112 valence electrons. The summed E-state index contributed by atoms with van der Waals surface area (Å²) in [4.78, 5) is 2.51. The van der Waals surface area contributed by atoms with Crippen molar-refractivity contribution in [3.63, 3.8) is 0 Å². The van der Waals surface area contributed by atoms with Gasteiger partial charge in [-0.25, -0.2) is 0 Å². The molecule has 0 aromatic heterocycles. The number of hydrogen-bond donors (Lipinski definition) is 1. The summed E-state index contributed by atoms with van der Waals surface area (Å²) in [6, 6.07) is 7.24. The quantitative estimate of drug-likeness (QED) is 0.835. The number of piperidine rings is 1. The molecule has 1 aliphatic rings. The summed E-state index contributed by atoms with van der Waals surface area (Å²) in [6.07, 6.45) is 3.95. The lowest BCUT2D eigenvalue weighted by atomic mass is 10.0. The highest BCUT2D eigenvalue weighted by molar-refractivity contribution is 9.10. The van der Waals surface area contributed by atoms with E-state index in [9.17, 15) is 0 Å². The molecule has 4 heteroatoms. The minimum atomic E-state index is 0.522. The molecule has 2 rings (SSSR count). The Morgan fingerprint density at radius 2 is 2.20 bits per heavy atom. The maximum Gasteiger partial charge on any atom is 0.0451 e. The van der Waals surface area contributed by atoms with E-state index in [1.54, 1.807) is 0 Å². The molecule has 0 saturated carbocycles. The highest BCUT2D eigenvalue weighted by Crippen LogP contribution is 2.23. The van der Waals surface area contributed by atoms with E-state index in [-0.39, 0.29) is 0 Å². The van der Waals surface area contributed by atoms with Crippen molar-refractivity contribution >= 4 is 27.5 Å². The van der Waals surface area contributed by atoms with E-state index >= 15 is 0 Å². The minimum absolute atomic E-state index is 0.522. The molecule has 20 heavy (non-hydrogen) atoms. The van der Waals surface area contributed by atoms with Crippen LogP contribution < -0.4 is 5.32 Å². The molecule has 0 bridgehead atoms. The predicted octanol–water partition coefficient (Wildman–Crippen LogP) is 4.46. The molecule has 1 N–H and O–H groups in total. The second-order valence-corrected chi connectivity index (χ2v) is 7.23. The second kappa shape index (κ2) is 7.79. The van der Waals surface area contributed by atoms with Crippen molar-refractivity contribution in [3.05, 3.63) is 33.3 Å². The molecule has 0 spiro atoms. The maximum atomic E-state index is 6.32. The highest BCUT2D eigenvalue weighted by Gasteiger charge is 2.19. The van der Waals surface area contributed by atoms with Crippen LogP contribution in [0, 0.1) is 0 Å². The van der Waals surface area contributed by atoms with Gasteiger partial charge in [-0.1, -0.05) is 34.0 Å². The molecule has 1 heterocycles. The SMILES string of the molecule is CC(C)N(Cc1cc(Br)ccc1Cl)CC1CCCCN1. The van der Waals surface area contributed by atoms with E-state index in [4.69, 9.17) is 11.6 Å². The molecule has 0 amide bonds. The smallest absolute Gasteiger partial charge is 0.0451 e. The van der Waals surface area contributed by atoms with Crippen LogP contribution in [0.4, 0.5) is 0 Å². The average molecular weight is 360 g/mol. The van der Waals surface area contributed by atoms with Crippen molar-refractivity contribution in [1.29, 1.82) is 0 Å². The Bertz CT molecular complexity index is 430. The Labute approximate surface area is 136 Å². The Morgan fingerprint density at radius 1 is 1.40 bits per heavy atom. The van der Waals surface area contributed by atoms with Crippen molar-refractivity contribution in [3.8, 4) is 0 Å². The number of nitrogens with one attached hydrogen (secondary N) is 1. The molecule has 1 aromatic carbocycles. The van der Waals surface area contributed by atoms with Gasteiger partial charge in [0.25, 0.3) is 0 Å². The fourth-order valence-electron chi connectivity index (χ4n) is 2.70. The first-order valence-electron chi connectivity index (χ1n) is 7.47. The Balaban J connectivity index is 2.02. The van der Waals surface area contributed by atoms with E-state index in [0.29, 0.717) is 12.1 Å². The molecular weight excluding hydrogens is 336 g/mol. The van der Waals surface area contributed by atoms with Gasteiger partial charge in [-0.15, -0.1) is 0 Å². The van der Waals surface area contributed by atoms with Gasteiger partial charge in [-0.2, -0.15) is 0 Å². The topological polar surface area (TPSA) is 15.3 Å². The first-order chi connectivity index (χ1) is 9.56. The van der Waals surface area contributed by atoms with Gasteiger partial charge in [-0.3, -0.25) is 4.90 Å². The zero-order chi connectivity index (χ0) is 14.5. The lowest BCUT2D eigenvalue weighted by molar-refractivity contribution is 0.177. The summed E-state index contributed by atoms with van der Waals surface area (Å²) in [7, 11) is 0. The summed E-state index contributed by atoms with van der Waals surface area (Å²) >= 11 is 9.86. The average Bonchev–Trinajstić information content (AvgIpc) is 2.43. The number of nitrogens with zero attached hydrogens (tertiary/aromatic N) is 1. The summed E-state index contributed by atoms with van der Waals surface area (Å²) in [5.41, 5.74) is 1.20. The predicted molar refractivity (Wildman–Crippen MR) is 90.3 cm³/mol. The fourth-order valence-corrected chi connectivity index (χ4v) is 3.29. The van der Waals surface area contributed by atoms with Crippen LogP contribution >= 0.6 is 27.5 Å². The van der Waals surface area contributed by atoms with Gasteiger partial charge in [0, 0.05) is 34.7 Å². The molecule has 1 saturated heterocycles. The summed E-state index contributed by atoms with van der Waals surface area (Å²) in [5.74, 6) is 0. The van der Waals surface area contributed by atoms with Crippen LogP contribution in [-0.4, -0.2) is 30.1 Å². The van der Waals surface area contributed by atoms with Crippen molar-refractivity contribution in [1.82, 2.24) is 10.2 Å². The zero-order valence-electron chi connectivity index (χ0n) is 12.3. The van der Waals surface area contributed by atoms with E-state index in [1.165, 1.54) is 24.8 Å². The third kappa shape index (κ3) is 4.73. The third-order valence-corrected chi connectivity index (χ3v) is 4.84. The number of halogens is 2. The van der Waals surface area contributed by atoms with Gasteiger partial charge >= 0.3 is 0 Å². The molecule has 2 nitrogen and oxygen atoms in total. The van der Waals surface area contributed by atoms with Crippen LogP contribution in [0.25, 0.3) is 0 Å². The van der Waals surface area contributed by atoms with Crippen LogP contribution in [0.1, 0.15) is 38.7 Å². The zero-order valence-corrected chi connectivity index (χ0v) is 14.7. The third-order valence-electron chi connectivity index (χ3n) is 3.98. The van der Waals surface area contributed by atoms with Crippen molar-refractivity contribution in [2.75, 3.05) is 13.1 Å². The molecule has 1 unspecified atom stereocenters. The molecule has 1 fully saturated rings. The fraction of sp³-hybridized carbons (Fsp3) is 0.625. The minimum Gasteiger partial charge on any atom is -0.313 e. The van der Waals surface area contributed by atoms with Crippen LogP contribution in [0.2, 0.25) is 5.02 Å². The van der Waals surface area contributed by atoms with Gasteiger partial charge in [0.05, 0.1) is 0 Å². The Hall–Kier alpha value is -0.0900. The molecular formula is C16H24BrClN2. The van der Waals surface area contributed by atoms with E-state index in [1.807, 2.05) is 12.1 Å². The lowest BCUT2D eigenvalue weighted by Gasteiger charge is -2.33. The molecule has 0 aliphatic carbocycles. The van der Waals surface area contributed by atoms with Crippen molar-refractivity contribution in [2.24, 2.45) is 0 Å². The normalized spacial score (nSPS) is 19.8. The van der Waals surface area contributed by atoms with Crippen molar-refractivity contribution in [2.45, 2.75) is 51.7 Å². The maximum absolute atomic E-state index is 6.32. The number of rotatable bonds is 5. The molecule has 0 radical (unpaired) electrons. The molecule has 1 atom stereocenters. The Morgan fingerprint density at radius 3 is 2.85 bits per heavy atom. The Kier molecular flexibility index (Phi) is 6.34. The second-order valence-electron chi connectivity index (χ2n) is 5.91. The van der Waals surface area contributed by atoms with Gasteiger partial charge in [0.1, 0.15) is 0 Å². The van der Waals surface area contributed by atoms with Gasteiger partial charge in [-0.05, 0) is 57.0 Å².